The SMILES string of the molecule is CC1=CC=C2N=C(C)C(C)=C12.CC1=Cc2c(-c3ccc(C(C)(C)C)cc3)cccc2C1[Si]. The maximum atomic E-state index is 4.43. The zero-order valence-electron chi connectivity index (χ0n) is 20.3. The van der Waals surface area contributed by atoms with Crippen LogP contribution in [0.25, 0.3) is 17.2 Å². The Hall–Kier alpha value is -2.71. The van der Waals surface area contributed by atoms with Crippen LogP contribution in [0.15, 0.2) is 87.6 Å². The molecule has 32 heavy (non-hydrogen) atoms. The number of nitrogens with zero attached hydrogens (tertiary/aromatic N) is 1. The quantitative estimate of drug-likeness (QED) is 0.404. The summed E-state index contributed by atoms with van der Waals surface area (Å²) in [4.78, 5) is 4.43. The highest BCUT2D eigenvalue weighted by atomic mass is 28.1. The van der Waals surface area contributed by atoms with Crippen LogP contribution >= 0.6 is 0 Å². The molecule has 1 nitrogen and oxygen atoms in total. The molecule has 0 fully saturated rings. The summed E-state index contributed by atoms with van der Waals surface area (Å²) in [5, 5.41) is 0. The first-order valence-corrected chi connectivity index (χ1v) is 11.9. The second kappa shape index (κ2) is 8.33. The third kappa shape index (κ3) is 4.04. The van der Waals surface area contributed by atoms with Crippen LogP contribution in [0.1, 0.15) is 70.7 Å². The van der Waals surface area contributed by atoms with Gasteiger partial charge in [0.25, 0.3) is 0 Å². The van der Waals surface area contributed by atoms with Crippen molar-refractivity contribution in [2.75, 3.05) is 0 Å². The van der Waals surface area contributed by atoms with Gasteiger partial charge < -0.3 is 0 Å². The van der Waals surface area contributed by atoms with Crippen molar-refractivity contribution < 1.29 is 0 Å². The third-order valence-corrected chi connectivity index (χ3v) is 7.45. The lowest BCUT2D eigenvalue weighted by atomic mass is 9.86. The molecule has 2 aromatic carbocycles. The van der Waals surface area contributed by atoms with E-state index >= 15 is 0 Å². The van der Waals surface area contributed by atoms with Crippen LogP contribution in [-0.4, -0.2) is 16.0 Å². The highest BCUT2D eigenvalue weighted by molar-refractivity contribution is 6.16. The molecular formula is C30H32NSi. The summed E-state index contributed by atoms with van der Waals surface area (Å²) in [6.45, 7) is 15.3. The standard InChI is InChI=1S/C20H21Si.C10H11N/c1-13-12-18-16(6-5-7-17(18)19(13)21)14-8-10-15(11-9-14)20(2,3)4;1-6-4-5-9-10(6)7(2)8(3)11-9/h5-12,19H,1-4H3;4-5H,1-3H3. The van der Waals surface area contributed by atoms with Gasteiger partial charge in [0.2, 0.25) is 0 Å². The van der Waals surface area contributed by atoms with Crippen molar-refractivity contribution in [2.45, 2.75) is 59.4 Å². The number of benzene rings is 2. The number of fused-ring (bicyclic) bond motifs is 2. The van der Waals surface area contributed by atoms with E-state index in [0.717, 1.165) is 5.70 Å². The minimum Gasteiger partial charge on any atom is -0.253 e. The monoisotopic (exact) mass is 434 g/mol. The number of rotatable bonds is 1. The summed E-state index contributed by atoms with van der Waals surface area (Å²) in [6, 6.07) is 15.6. The van der Waals surface area contributed by atoms with Gasteiger partial charge in [0.05, 0.1) is 5.70 Å². The molecule has 2 aliphatic carbocycles. The normalized spacial score (nSPS) is 18.9. The Kier molecular flexibility index (Phi) is 5.85. The molecular weight excluding hydrogens is 402 g/mol. The molecule has 5 rings (SSSR count). The number of allylic oxidation sites excluding steroid dienone is 5. The fraction of sp³-hybridized carbons (Fsp3) is 0.300. The van der Waals surface area contributed by atoms with Gasteiger partial charge in [-0.25, -0.2) is 0 Å². The second-order valence-electron chi connectivity index (χ2n) is 10.1. The average Bonchev–Trinajstić information content (AvgIpc) is 3.36. The number of hydrogen-bond donors (Lipinski definition) is 0. The molecule has 1 unspecified atom stereocenters. The first-order chi connectivity index (χ1) is 15.1. The van der Waals surface area contributed by atoms with E-state index < -0.39 is 0 Å². The lowest BCUT2D eigenvalue weighted by molar-refractivity contribution is 0.590. The molecule has 3 radical (unpaired) electrons. The minimum atomic E-state index is 0.203. The highest BCUT2D eigenvalue weighted by Gasteiger charge is 2.22. The third-order valence-electron chi connectivity index (χ3n) is 6.69. The lowest BCUT2D eigenvalue weighted by Gasteiger charge is -2.19. The number of aliphatic imine (C=N–C) groups is 1. The van der Waals surface area contributed by atoms with Gasteiger partial charge in [-0.05, 0) is 83.7 Å². The van der Waals surface area contributed by atoms with Crippen LogP contribution < -0.4 is 0 Å². The summed E-state index contributed by atoms with van der Waals surface area (Å²) in [7, 11) is 3.83. The van der Waals surface area contributed by atoms with Crippen LogP contribution in [0.5, 0.6) is 0 Å². The molecule has 0 saturated carbocycles. The smallest absolute Gasteiger partial charge is 0.0711 e. The summed E-state index contributed by atoms with van der Waals surface area (Å²) in [5.41, 5.74) is 15.0. The molecule has 1 aliphatic heterocycles. The summed E-state index contributed by atoms with van der Waals surface area (Å²) >= 11 is 0. The molecule has 0 saturated heterocycles. The first-order valence-electron chi connectivity index (χ1n) is 11.4. The Morgan fingerprint density at radius 2 is 1.56 bits per heavy atom. The van der Waals surface area contributed by atoms with E-state index in [1.807, 2.05) is 0 Å². The summed E-state index contributed by atoms with van der Waals surface area (Å²) in [5.74, 6) is 0. The van der Waals surface area contributed by atoms with Gasteiger partial charge in [-0.15, -0.1) is 0 Å². The number of hydrogen-bond acceptors (Lipinski definition) is 1. The molecule has 0 N–H and O–H groups in total. The van der Waals surface area contributed by atoms with E-state index in [9.17, 15) is 0 Å². The highest BCUT2D eigenvalue weighted by Crippen LogP contribution is 2.39. The molecule has 1 heterocycles. The minimum absolute atomic E-state index is 0.203. The zero-order valence-corrected chi connectivity index (χ0v) is 21.3. The average molecular weight is 435 g/mol. The largest absolute Gasteiger partial charge is 0.253 e. The van der Waals surface area contributed by atoms with Crippen molar-refractivity contribution in [2.24, 2.45) is 4.99 Å². The van der Waals surface area contributed by atoms with E-state index in [1.165, 1.54) is 55.8 Å². The van der Waals surface area contributed by atoms with Gasteiger partial charge in [-0.2, -0.15) is 0 Å². The Labute approximate surface area is 196 Å². The van der Waals surface area contributed by atoms with Crippen LogP contribution in [0.3, 0.4) is 0 Å². The Morgan fingerprint density at radius 3 is 2.19 bits per heavy atom. The Balaban J connectivity index is 0.000000186. The second-order valence-corrected chi connectivity index (χ2v) is 10.6. The van der Waals surface area contributed by atoms with Gasteiger partial charge in [0.1, 0.15) is 0 Å². The van der Waals surface area contributed by atoms with Crippen LogP contribution in [0.2, 0.25) is 0 Å². The van der Waals surface area contributed by atoms with Crippen molar-refractivity contribution in [1.82, 2.24) is 0 Å². The van der Waals surface area contributed by atoms with Gasteiger partial charge in [-0.3, -0.25) is 4.99 Å². The fourth-order valence-electron chi connectivity index (χ4n) is 4.55. The van der Waals surface area contributed by atoms with Gasteiger partial charge in [-0.1, -0.05) is 81.0 Å². The molecule has 0 spiro atoms. The molecule has 2 heteroatoms. The van der Waals surface area contributed by atoms with E-state index in [1.54, 1.807) is 0 Å². The van der Waals surface area contributed by atoms with Crippen molar-refractivity contribution in [3.63, 3.8) is 0 Å². The van der Waals surface area contributed by atoms with Crippen LogP contribution in [-0.2, 0) is 5.41 Å². The van der Waals surface area contributed by atoms with Crippen LogP contribution in [0, 0.1) is 0 Å². The molecule has 0 amide bonds. The molecule has 0 aromatic heterocycles. The van der Waals surface area contributed by atoms with E-state index in [0.29, 0.717) is 5.54 Å². The summed E-state index contributed by atoms with van der Waals surface area (Å²) in [6.07, 6.45) is 6.52. The van der Waals surface area contributed by atoms with Crippen molar-refractivity contribution in [3.05, 3.63) is 99.3 Å². The summed E-state index contributed by atoms with van der Waals surface area (Å²) < 4.78 is 0. The maximum Gasteiger partial charge on any atom is 0.0711 e. The predicted octanol–water partition coefficient (Wildman–Crippen LogP) is 7.90. The van der Waals surface area contributed by atoms with E-state index in [4.69, 9.17) is 0 Å². The Morgan fingerprint density at radius 1 is 0.875 bits per heavy atom. The topological polar surface area (TPSA) is 12.4 Å². The van der Waals surface area contributed by atoms with Gasteiger partial charge in [0.15, 0.2) is 0 Å². The molecule has 0 bridgehead atoms. The Bertz CT molecular complexity index is 1220. The van der Waals surface area contributed by atoms with E-state index in [2.05, 4.69) is 124 Å². The molecule has 3 aliphatic rings. The maximum absolute atomic E-state index is 4.43. The van der Waals surface area contributed by atoms with Crippen molar-refractivity contribution >= 4 is 22.0 Å². The molecule has 1 atom stereocenters. The van der Waals surface area contributed by atoms with E-state index in [-0.39, 0.29) is 5.41 Å². The molecule has 161 valence electrons. The lowest BCUT2D eigenvalue weighted by Crippen LogP contribution is -2.10. The van der Waals surface area contributed by atoms with Crippen molar-refractivity contribution in [1.29, 1.82) is 0 Å². The molecule has 2 aromatic rings. The van der Waals surface area contributed by atoms with Crippen molar-refractivity contribution in [3.8, 4) is 11.1 Å². The fourth-order valence-corrected chi connectivity index (χ4v) is 4.89. The van der Waals surface area contributed by atoms with Gasteiger partial charge >= 0.3 is 0 Å². The predicted molar refractivity (Wildman–Crippen MR) is 140 cm³/mol. The van der Waals surface area contributed by atoms with Crippen LogP contribution in [0.4, 0.5) is 0 Å². The zero-order chi connectivity index (χ0) is 23.2. The first kappa shape index (κ1) is 22.5. The van der Waals surface area contributed by atoms with Gasteiger partial charge in [0, 0.05) is 21.5 Å².